The van der Waals surface area contributed by atoms with Gasteiger partial charge in [0.1, 0.15) is 5.69 Å². The normalized spacial score (nSPS) is 24.0. The third-order valence-corrected chi connectivity index (χ3v) is 7.56. The van der Waals surface area contributed by atoms with Crippen LogP contribution in [0.3, 0.4) is 0 Å². The average molecular weight is 395 g/mol. The molecule has 2 amide bonds. The van der Waals surface area contributed by atoms with Gasteiger partial charge in [0.15, 0.2) is 0 Å². The zero-order valence-corrected chi connectivity index (χ0v) is 17.0. The van der Waals surface area contributed by atoms with Crippen LogP contribution in [0, 0.1) is 17.3 Å². The summed E-state index contributed by atoms with van der Waals surface area (Å²) in [5.41, 5.74) is 1.87. The number of nitrogens with zero attached hydrogens (tertiary/aromatic N) is 2. The Balaban J connectivity index is 1.11. The van der Waals surface area contributed by atoms with Gasteiger partial charge in [0, 0.05) is 48.8 Å². The lowest BCUT2D eigenvalue weighted by Crippen LogP contribution is -2.43. The molecule has 154 valence electrons. The fraction of sp³-hybridized carbons (Fsp3) is 0.609. The monoisotopic (exact) mass is 394 g/mol. The standard InChI is InChI=1S/C23H30N4O2/c28-21(20-12-17-14-24-9-6-19(17)26-20)25-15-18-13-23(18)7-10-27(11-8-23)22(29)16-4-2-1-3-5-16/h6,9,12,14,16,18,26H,1-5,7-8,10-11,13,15H2,(H,25,28)/t18-/m0/s1. The van der Waals surface area contributed by atoms with E-state index in [4.69, 9.17) is 0 Å². The molecule has 2 aliphatic carbocycles. The molecule has 6 heteroatoms. The Morgan fingerprint density at radius 1 is 1.21 bits per heavy atom. The van der Waals surface area contributed by atoms with Gasteiger partial charge in [-0.25, -0.2) is 0 Å². The Labute approximate surface area is 171 Å². The number of nitrogens with one attached hydrogen (secondary N) is 2. The predicted molar refractivity (Wildman–Crippen MR) is 111 cm³/mol. The van der Waals surface area contributed by atoms with Gasteiger partial charge in [-0.15, -0.1) is 0 Å². The van der Waals surface area contributed by atoms with Gasteiger partial charge < -0.3 is 15.2 Å². The highest BCUT2D eigenvalue weighted by Gasteiger charge is 2.55. The lowest BCUT2D eigenvalue weighted by molar-refractivity contribution is -0.138. The molecule has 1 atom stereocenters. The minimum atomic E-state index is -0.0480. The molecule has 6 nitrogen and oxygen atoms in total. The predicted octanol–water partition coefficient (Wildman–Crippen LogP) is 3.50. The van der Waals surface area contributed by atoms with Crippen LogP contribution in [0.4, 0.5) is 0 Å². The van der Waals surface area contributed by atoms with Gasteiger partial charge in [0.25, 0.3) is 5.91 Å². The maximum atomic E-state index is 12.8. The third-order valence-electron chi connectivity index (χ3n) is 7.56. The van der Waals surface area contributed by atoms with E-state index in [-0.39, 0.29) is 11.8 Å². The van der Waals surface area contributed by atoms with E-state index < -0.39 is 0 Å². The number of aromatic nitrogens is 2. The molecule has 0 bridgehead atoms. The van der Waals surface area contributed by atoms with Crippen LogP contribution in [-0.4, -0.2) is 46.3 Å². The van der Waals surface area contributed by atoms with Crippen molar-refractivity contribution in [3.63, 3.8) is 0 Å². The summed E-state index contributed by atoms with van der Waals surface area (Å²) >= 11 is 0. The van der Waals surface area contributed by atoms with E-state index in [1.165, 1.54) is 25.7 Å². The lowest BCUT2D eigenvalue weighted by Gasteiger charge is -2.36. The summed E-state index contributed by atoms with van der Waals surface area (Å²) < 4.78 is 0. The summed E-state index contributed by atoms with van der Waals surface area (Å²) in [6.45, 7) is 2.52. The quantitative estimate of drug-likeness (QED) is 0.833. The summed E-state index contributed by atoms with van der Waals surface area (Å²) in [6.07, 6.45) is 12.7. The van der Waals surface area contributed by atoms with Gasteiger partial charge in [-0.3, -0.25) is 14.6 Å². The molecular formula is C23H30N4O2. The number of likely N-dealkylation sites (tertiary alicyclic amines) is 1. The molecule has 2 saturated carbocycles. The molecule has 1 spiro atoms. The molecule has 29 heavy (non-hydrogen) atoms. The van der Waals surface area contributed by atoms with Crippen molar-refractivity contribution in [1.82, 2.24) is 20.2 Å². The number of rotatable bonds is 4. The second-order valence-corrected chi connectivity index (χ2v) is 9.28. The summed E-state index contributed by atoms with van der Waals surface area (Å²) in [5, 5.41) is 4.06. The maximum Gasteiger partial charge on any atom is 0.267 e. The van der Waals surface area contributed by atoms with Gasteiger partial charge in [0.2, 0.25) is 5.91 Å². The largest absolute Gasteiger partial charge is 0.350 e. The summed E-state index contributed by atoms with van der Waals surface area (Å²) in [7, 11) is 0. The van der Waals surface area contributed by atoms with E-state index in [2.05, 4.69) is 20.2 Å². The number of aromatic amines is 1. The molecule has 3 fully saturated rings. The highest BCUT2D eigenvalue weighted by Crippen LogP contribution is 2.59. The molecule has 2 aromatic rings. The second-order valence-electron chi connectivity index (χ2n) is 9.28. The molecule has 1 saturated heterocycles. The third kappa shape index (κ3) is 3.65. The molecule has 5 rings (SSSR count). The molecule has 2 aromatic heterocycles. The number of piperidine rings is 1. The summed E-state index contributed by atoms with van der Waals surface area (Å²) in [6, 6.07) is 3.74. The minimum Gasteiger partial charge on any atom is -0.350 e. The first-order valence-electron chi connectivity index (χ1n) is 11.1. The first-order valence-corrected chi connectivity index (χ1v) is 11.1. The molecule has 2 N–H and O–H groups in total. The number of amides is 2. The van der Waals surface area contributed by atoms with Crippen LogP contribution in [0.5, 0.6) is 0 Å². The van der Waals surface area contributed by atoms with Crippen LogP contribution in [0.15, 0.2) is 24.5 Å². The topological polar surface area (TPSA) is 78.1 Å². The number of pyridine rings is 1. The molecule has 0 aromatic carbocycles. The van der Waals surface area contributed by atoms with E-state index in [1.54, 1.807) is 12.4 Å². The van der Waals surface area contributed by atoms with Crippen LogP contribution in [0.1, 0.15) is 61.9 Å². The lowest BCUT2D eigenvalue weighted by atomic mass is 9.86. The molecular weight excluding hydrogens is 364 g/mol. The first kappa shape index (κ1) is 18.6. The molecule has 0 radical (unpaired) electrons. The fourth-order valence-electron chi connectivity index (χ4n) is 5.52. The zero-order valence-electron chi connectivity index (χ0n) is 17.0. The van der Waals surface area contributed by atoms with Crippen molar-refractivity contribution < 1.29 is 9.59 Å². The Bertz CT molecular complexity index is 873. The number of H-pyrrole nitrogens is 1. The van der Waals surface area contributed by atoms with Crippen LogP contribution in [-0.2, 0) is 4.79 Å². The average Bonchev–Trinajstić information content (AvgIpc) is 3.24. The number of fused-ring (bicyclic) bond motifs is 1. The Kier molecular flexibility index (Phi) is 4.80. The Morgan fingerprint density at radius 2 is 2.00 bits per heavy atom. The number of hydrogen-bond acceptors (Lipinski definition) is 3. The number of hydrogen-bond donors (Lipinski definition) is 2. The van der Waals surface area contributed by atoms with Crippen molar-refractivity contribution in [2.24, 2.45) is 17.3 Å². The first-order chi connectivity index (χ1) is 14.1. The van der Waals surface area contributed by atoms with E-state index in [1.807, 2.05) is 12.1 Å². The van der Waals surface area contributed by atoms with E-state index >= 15 is 0 Å². The van der Waals surface area contributed by atoms with Gasteiger partial charge in [-0.1, -0.05) is 19.3 Å². The molecule has 1 aliphatic heterocycles. The van der Waals surface area contributed by atoms with Gasteiger partial charge >= 0.3 is 0 Å². The van der Waals surface area contributed by atoms with E-state index in [9.17, 15) is 9.59 Å². The van der Waals surface area contributed by atoms with Crippen molar-refractivity contribution in [2.75, 3.05) is 19.6 Å². The van der Waals surface area contributed by atoms with Gasteiger partial charge in [-0.2, -0.15) is 0 Å². The van der Waals surface area contributed by atoms with E-state index in [0.29, 0.717) is 22.9 Å². The van der Waals surface area contributed by atoms with Crippen LogP contribution < -0.4 is 5.32 Å². The molecule has 3 aliphatic rings. The Morgan fingerprint density at radius 3 is 2.76 bits per heavy atom. The highest BCUT2D eigenvalue weighted by molar-refractivity contribution is 5.97. The maximum absolute atomic E-state index is 12.8. The molecule has 3 heterocycles. The van der Waals surface area contributed by atoms with Crippen molar-refractivity contribution in [1.29, 1.82) is 0 Å². The number of carbonyl (C=O) groups is 2. The van der Waals surface area contributed by atoms with Gasteiger partial charge in [0.05, 0.1) is 0 Å². The SMILES string of the molecule is O=C(NC[C@@H]1CC12CCN(C(=O)C1CCCCC1)CC2)c1cc2cnccc2[nH]1. The summed E-state index contributed by atoms with van der Waals surface area (Å²) in [5.74, 6) is 1.18. The van der Waals surface area contributed by atoms with Crippen molar-refractivity contribution in [3.05, 3.63) is 30.2 Å². The van der Waals surface area contributed by atoms with Crippen molar-refractivity contribution in [3.8, 4) is 0 Å². The second kappa shape index (κ2) is 7.47. The fourth-order valence-corrected chi connectivity index (χ4v) is 5.52. The minimum absolute atomic E-state index is 0.0480. The molecule has 0 unspecified atom stereocenters. The van der Waals surface area contributed by atoms with Crippen LogP contribution in [0.25, 0.3) is 10.9 Å². The zero-order chi connectivity index (χ0) is 19.8. The van der Waals surface area contributed by atoms with Crippen molar-refractivity contribution in [2.45, 2.75) is 51.4 Å². The van der Waals surface area contributed by atoms with Crippen LogP contribution in [0.2, 0.25) is 0 Å². The highest BCUT2D eigenvalue weighted by atomic mass is 16.2. The number of carbonyl (C=O) groups excluding carboxylic acids is 2. The smallest absolute Gasteiger partial charge is 0.267 e. The summed E-state index contributed by atoms with van der Waals surface area (Å²) in [4.78, 5) is 34.7. The van der Waals surface area contributed by atoms with Crippen LogP contribution >= 0.6 is 0 Å². The van der Waals surface area contributed by atoms with Gasteiger partial charge in [-0.05, 0) is 55.6 Å². The Hall–Kier alpha value is -2.37. The van der Waals surface area contributed by atoms with E-state index in [0.717, 1.165) is 56.2 Å². The van der Waals surface area contributed by atoms with Crippen molar-refractivity contribution >= 4 is 22.7 Å².